The Balaban J connectivity index is 1.42. The molecule has 1 saturated carbocycles. The molecule has 1 aliphatic carbocycles. The fourth-order valence-electron chi connectivity index (χ4n) is 4.41. The molecule has 138 valence electrons. The van der Waals surface area contributed by atoms with E-state index in [1.807, 2.05) is 42.1 Å². The summed E-state index contributed by atoms with van der Waals surface area (Å²) in [7, 11) is 0. The molecule has 1 aromatic heterocycles. The van der Waals surface area contributed by atoms with Crippen LogP contribution in [0.2, 0.25) is 0 Å². The van der Waals surface area contributed by atoms with Crippen LogP contribution >= 0.6 is 0 Å². The number of aryl methyl sites for hydroxylation is 1. The Labute approximate surface area is 153 Å². The molecule has 2 heterocycles. The van der Waals surface area contributed by atoms with E-state index in [-0.39, 0.29) is 17.5 Å². The third-order valence-corrected chi connectivity index (χ3v) is 5.93. The fraction of sp³-hybridized carbons (Fsp3) is 0.500. The highest BCUT2D eigenvalue weighted by atomic mass is 16.5. The zero-order chi connectivity index (χ0) is 18.0. The van der Waals surface area contributed by atoms with Crippen LogP contribution in [0.15, 0.2) is 36.7 Å². The third kappa shape index (κ3) is 3.33. The number of nitrogens with zero attached hydrogens (tertiary/aromatic N) is 2. The van der Waals surface area contributed by atoms with Gasteiger partial charge in [-0.25, -0.2) is 9.48 Å². The van der Waals surface area contributed by atoms with E-state index in [0.29, 0.717) is 0 Å². The number of hydrogen-bond acceptors (Lipinski definition) is 3. The molecule has 26 heavy (non-hydrogen) atoms. The van der Waals surface area contributed by atoms with E-state index in [0.717, 1.165) is 49.4 Å². The molecule has 1 spiro atoms. The van der Waals surface area contributed by atoms with Gasteiger partial charge in [-0.05, 0) is 67.9 Å². The number of amides is 2. The summed E-state index contributed by atoms with van der Waals surface area (Å²) in [5.41, 5.74) is 3.06. The summed E-state index contributed by atoms with van der Waals surface area (Å²) in [6, 6.07) is 7.95. The van der Waals surface area contributed by atoms with Gasteiger partial charge in [-0.1, -0.05) is 6.42 Å². The lowest BCUT2D eigenvalue weighted by Gasteiger charge is -2.39. The van der Waals surface area contributed by atoms with E-state index in [4.69, 9.17) is 4.74 Å². The molecule has 1 aromatic carbocycles. The van der Waals surface area contributed by atoms with Crippen molar-refractivity contribution in [2.75, 3.05) is 18.5 Å². The summed E-state index contributed by atoms with van der Waals surface area (Å²) in [4.78, 5) is 12.6. The monoisotopic (exact) mass is 354 g/mol. The van der Waals surface area contributed by atoms with Crippen LogP contribution in [-0.4, -0.2) is 35.1 Å². The normalized spacial score (nSPS) is 21.7. The first-order chi connectivity index (χ1) is 12.7. The van der Waals surface area contributed by atoms with E-state index in [9.17, 15) is 4.79 Å². The summed E-state index contributed by atoms with van der Waals surface area (Å²) in [5.74, 6) is 0. The predicted octanol–water partition coefficient (Wildman–Crippen LogP) is 3.65. The minimum Gasteiger partial charge on any atom is -0.381 e. The van der Waals surface area contributed by atoms with Gasteiger partial charge >= 0.3 is 6.03 Å². The van der Waals surface area contributed by atoms with Gasteiger partial charge in [0.2, 0.25) is 0 Å². The van der Waals surface area contributed by atoms with Crippen molar-refractivity contribution in [3.63, 3.8) is 0 Å². The second-order valence-corrected chi connectivity index (χ2v) is 7.47. The number of ether oxygens (including phenoxy) is 1. The van der Waals surface area contributed by atoms with Gasteiger partial charge in [0.25, 0.3) is 0 Å². The number of hydrogen-bond donors (Lipinski definition) is 2. The molecule has 1 aliphatic heterocycles. The Hall–Kier alpha value is -2.34. The van der Waals surface area contributed by atoms with Crippen LogP contribution < -0.4 is 10.6 Å². The number of carbonyl (C=O) groups excluding carboxylic acids is 1. The molecular weight excluding hydrogens is 328 g/mol. The Morgan fingerprint density at radius 2 is 2.15 bits per heavy atom. The Morgan fingerprint density at radius 1 is 1.31 bits per heavy atom. The summed E-state index contributed by atoms with van der Waals surface area (Å²) in [6.45, 7) is 3.62. The molecule has 0 radical (unpaired) electrons. The smallest absolute Gasteiger partial charge is 0.319 e. The van der Waals surface area contributed by atoms with Gasteiger partial charge in [0.05, 0.1) is 5.69 Å². The summed E-state index contributed by atoms with van der Waals surface area (Å²) in [6.07, 6.45) is 9.20. The van der Waals surface area contributed by atoms with Crippen LogP contribution in [0.25, 0.3) is 5.69 Å². The van der Waals surface area contributed by atoms with Crippen molar-refractivity contribution >= 4 is 11.7 Å². The molecule has 2 fully saturated rings. The van der Waals surface area contributed by atoms with Crippen molar-refractivity contribution in [1.29, 1.82) is 0 Å². The van der Waals surface area contributed by atoms with Gasteiger partial charge < -0.3 is 15.4 Å². The molecule has 2 amide bonds. The van der Waals surface area contributed by atoms with Crippen molar-refractivity contribution < 1.29 is 9.53 Å². The number of benzene rings is 1. The average Bonchev–Trinajstić information content (AvgIpc) is 3.29. The Kier molecular flexibility index (Phi) is 4.68. The van der Waals surface area contributed by atoms with Gasteiger partial charge in [0, 0.05) is 37.3 Å². The Bertz CT molecular complexity index is 766. The highest BCUT2D eigenvalue weighted by Crippen LogP contribution is 2.45. The molecule has 4 rings (SSSR count). The zero-order valence-electron chi connectivity index (χ0n) is 15.2. The number of urea groups is 1. The molecule has 2 aliphatic rings. The third-order valence-electron chi connectivity index (χ3n) is 5.93. The standard InChI is InChI=1S/C20H26N4O2/c1-15-14-16(24-11-3-10-21-24)5-6-17(15)22-19(25)23-18-4-2-7-20(18)8-12-26-13-9-20/h3,5-6,10-11,14,18H,2,4,7-9,12-13H2,1H3,(H2,22,23,25). The van der Waals surface area contributed by atoms with Gasteiger partial charge in [-0.3, -0.25) is 0 Å². The van der Waals surface area contributed by atoms with Gasteiger partial charge in [0.1, 0.15) is 0 Å². The lowest BCUT2D eigenvalue weighted by atomic mass is 9.75. The van der Waals surface area contributed by atoms with Gasteiger partial charge in [-0.15, -0.1) is 0 Å². The maximum atomic E-state index is 12.6. The highest BCUT2D eigenvalue weighted by molar-refractivity contribution is 5.90. The molecule has 0 bridgehead atoms. The lowest BCUT2D eigenvalue weighted by Crippen LogP contribution is -2.48. The fourth-order valence-corrected chi connectivity index (χ4v) is 4.41. The molecule has 2 aromatic rings. The maximum absolute atomic E-state index is 12.6. The summed E-state index contributed by atoms with van der Waals surface area (Å²) >= 11 is 0. The van der Waals surface area contributed by atoms with E-state index in [2.05, 4.69) is 15.7 Å². The van der Waals surface area contributed by atoms with E-state index >= 15 is 0 Å². The summed E-state index contributed by atoms with van der Waals surface area (Å²) < 4.78 is 7.34. The van der Waals surface area contributed by atoms with Crippen LogP contribution in [0, 0.1) is 12.3 Å². The predicted molar refractivity (Wildman–Crippen MR) is 101 cm³/mol. The molecule has 6 nitrogen and oxygen atoms in total. The second-order valence-electron chi connectivity index (χ2n) is 7.47. The molecule has 1 atom stereocenters. The van der Waals surface area contributed by atoms with Crippen LogP contribution in [0.3, 0.4) is 0 Å². The quantitative estimate of drug-likeness (QED) is 0.884. The number of aromatic nitrogens is 2. The van der Waals surface area contributed by atoms with Gasteiger partial charge in [-0.2, -0.15) is 5.10 Å². The molecular formula is C20H26N4O2. The van der Waals surface area contributed by atoms with Gasteiger partial charge in [0.15, 0.2) is 0 Å². The van der Waals surface area contributed by atoms with Crippen LogP contribution in [-0.2, 0) is 4.74 Å². The number of carbonyl (C=O) groups is 1. The number of rotatable bonds is 3. The first-order valence-corrected chi connectivity index (χ1v) is 9.42. The van der Waals surface area contributed by atoms with Crippen molar-refractivity contribution in [3.05, 3.63) is 42.2 Å². The minimum atomic E-state index is -0.113. The second kappa shape index (κ2) is 7.11. The first-order valence-electron chi connectivity index (χ1n) is 9.42. The van der Waals surface area contributed by atoms with Crippen molar-refractivity contribution in [2.45, 2.75) is 45.1 Å². The lowest BCUT2D eigenvalue weighted by molar-refractivity contribution is 0.00652. The molecule has 6 heteroatoms. The first kappa shape index (κ1) is 17.1. The molecule has 1 unspecified atom stereocenters. The van der Waals surface area contributed by atoms with Crippen molar-refractivity contribution in [3.8, 4) is 5.69 Å². The van der Waals surface area contributed by atoms with Crippen LogP contribution in [0.4, 0.5) is 10.5 Å². The minimum absolute atomic E-state index is 0.113. The largest absolute Gasteiger partial charge is 0.381 e. The average molecular weight is 354 g/mol. The highest BCUT2D eigenvalue weighted by Gasteiger charge is 2.44. The topological polar surface area (TPSA) is 68.2 Å². The van der Waals surface area contributed by atoms with Crippen LogP contribution in [0.5, 0.6) is 0 Å². The van der Waals surface area contributed by atoms with Crippen molar-refractivity contribution in [1.82, 2.24) is 15.1 Å². The van der Waals surface area contributed by atoms with E-state index in [1.54, 1.807) is 6.20 Å². The van der Waals surface area contributed by atoms with Crippen molar-refractivity contribution in [2.24, 2.45) is 5.41 Å². The van der Waals surface area contributed by atoms with E-state index < -0.39 is 0 Å². The maximum Gasteiger partial charge on any atom is 0.319 e. The van der Waals surface area contributed by atoms with Crippen LogP contribution in [0.1, 0.15) is 37.7 Å². The Morgan fingerprint density at radius 3 is 2.88 bits per heavy atom. The SMILES string of the molecule is Cc1cc(-n2cccn2)ccc1NC(=O)NC1CCCC12CCOCC2. The molecule has 1 saturated heterocycles. The number of nitrogens with one attached hydrogen (secondary N) is 2. The molecule has 2 N–H and O–H groups in total. The summed E-state index contributed by atoms with van der Waals surface area (Å²) in [5, 5.41) is 10.5. The zero-order valence-corrected chi connectivity index (χ0v) is 15.2. The number of anilines is 1. The van der Waals surface area contributed by atoms with E-state index in [1.165, 1.54) is 12.8 Å².